The van der Waals surface area contributed by atoms with Crippen LogP contribution in [0.15, 0.2) is 12.2 Å². The first-order chi connectivity index (χ1) is 11.2. The summed E-state index contributed by atoms with van der Waals surface area (Å²) in [6.07, 6.45) is 4.66. The van der Waals surface area contributed by atoms with Crippen molar-refractivity contribution in [3.8, 4) is 0 Å². The zero-order valence-corrected chi connectivity index (χ0v) is 16.4. The molecule has 0 atom stereocenters. The molecule has 0 heterocycles. The van der Waals surface area contributed by atoms with E-state index >= 15 is 0 Å². The lowest BCUT2D eigenvalue weighted by Crippen LogP contribution is -2.36. The highest BCUT2D eigenvalue weighted by Gasteiger charge is 2.11. The summed E-state index contributed by atoms with van der Waals surface area (Å²) in [5.41, 5.74) is 0. The zero-order valence-electron chi connectivity index (χ0n) is 16.4. The summed E-state index contributed by atoms with van der Waals surface area (Å²) >= 11 is 0. The van der Waals surface area contributed by atoms with Gasteiger partial charge < -0.3 is 15.5 Å². The Kier molecular flexibility index (Phi) is 12.5. The molecular weight excluding hydrogens is 302 g/mol. The van der Waals surface area contributed by atoms with Crippen LogP contribution in [0.2, 0.25) is 0 Å². The average molecular weight is 340 g/mol. The fourth-order valence-electron chi connectivity index (χ4n) is 2.10. The van der Waals surface area contributed by atoms with Gasteiger partial charge in [0.1, 0.15) is 0 Å². The van der Waals surface area contributed by atoms with Crippen LogP contribution in [0.4, 0.5) is 0 Å². The maximum absolute atomic E-state index is 12.4. The fourth-order valence-corrected chi connectivity index (χ4v) is 2.10. The van der Waals surface area contributed by atoms with Crippen LogP contribution < -0.4 is 10.6 Å². The molecule has 0 unspecified atom stereocenters. The molecule has 5 nitrogen and oxygen atoms in total. The third kappa shape index (κ3) is 12.3. The Morgan fingerprint density at radius 2 is 1.29 bits per heavy atom. The van der Waals surface area contributed by atoms with Crippen molar-refractivity contribution in [1.29, 1.82) is 0 Å². The lowest BCUT2D eigenvalue weighted by atomic mass is 10.1. The molecule has 2 N–H and O–H groups in total. The normalized spacial score (nSPS) is 11.9. The summed E-state index contributed by atoms with van der Waals surface area (Å²) in [4.78, 5) is 25.9. The molecule has 5 heteroatoms. The first-order valence-corrected chi connectivity index (χ1v) is 9.21. The number of hydrogen-bond donors (Lipinski definition) is 2. The molecule has 0 aromatic carbocycles. The Balaban J connectivity index is 4.47. The highest BCUT2D eigenvalue weighted by atomic mass is 16.2. The first kappa shape index (κ1) is 22.8. The van der Waals surface area contributed by atoms with E-state index in [9.17, 15) is 9.59 Å². The van der Waals surface area contributed by atoms with E-state index in [4.69, 9.17) is 0 Å². The number of amides is 1. The number of carbonyl (C=O) groups excluding carboxylic acids is 2. The summed E-state index contributed by atoms with van der Waals surface area (Å²) in [5.74, 6) is -0.155. The molecule has 0 aliphatic heterocycles. The van der Waals surface area contributed by atoms with Crippen LogP contribution in [0.5, 0.6) is 0 Å². The van der Waals surface area contributed by atoms with E-state index in [1.54, 1.807) is 0 Å². The maximum atomic E-state index is 12.4. The first-order valence-electron chi connectivity index (χ1n) is 9.21. The number of nitrogens with one attached hydrogen (secondary N) is 2. The Bertz CT molecular complexity index is 374. The number of ketones is 1. The van der Waals surface area contributed by atoms with Gasteiger partial charge >= 0.3 is 0 Å². The van der Waals surface area contributed by atoms with Crippen molar-refractivity contribution in [3.05, 3.63) is 12.2 Å². The summed E-state index contributed by atoms with van der Waals surface area (Å²) in [6.45, 7) is 15.3. The molecule has 0 aromatic heterocycles. The Hall–Kier alpha value is -1.20. The number of rotatable bonds is 13. The van der Waals surface area contributed by atoms with Gasteiger partial charge in [0.2, 0.25) is 5.91 Å². The van der Waals surface area contributed by atoms with E-state index in [2.05, 4.69) is 38.3 Å². The number of nitrogens with zero attached hydrogens (tertiary/aromatic N) is 1. The Labute approximate surface area is 148 Å². The van der Waals surface area contributed by atoms with Gasteiger partial charge in [-0.1, -0.05) is 41.5 Å². The molecular formula is C19H37N3O2. The minimum atomic E-state index is -0.0759. The van der Waals surface area contributed by atoms with Gasteiger partial charge in [-0.15, -0.1) is 0 Å². The lowest BCUT2D eigenvalue weighted by Gasteiger charge is -2.22. The van der Waals surface area contributed by atoms with Crippen molar-refractivity contribution in [2.75, 3.05) is 26.2 Å². The zero-order chi connectivity index (χ0) is 18.5. The third-order valence-corrected chi connectivity index (χ3v) is 3.59. The van der Waals surface area contributed by atoms with Gasteiger partial charge in [-0.25, -0.2) is 0 Å². The van der Waals surface area contributed by atoms with Gasteiger partial charge in [0.05, 0.1) is 0 Å². The third-order valence-electron chi connectivity index (χ3n) is 3.59. The highest BCUT2D eigenvalue weighted by molar-refractivity contribution is 5.98. The standard InChI is InChI=1S/C19H37N3O2/c1-15(2)18(23)9-10-19(24)22(13-7-11-20-16(3)4)14-8-12-21-17(5)6/h9-10,15-17,20-21H,7-8,11-14H2,1-6H3. The second-order valence-electron chi connectivity index (χ2n) is 7.14. The molecule has 1 amide bonds. The van der Waals surface area contributed by atoms with Crippen LogP contribution in [0, 0.1) is 5.92 Å². The summed E-state index contributed by atoms with van der Waals surface area (Å²) in [6, 6.07) is 0.904. The molecule has 0 saturated carbocycles. The minimum Gasteiger partial charge on any atom is -0.339 e. The van der Waals surface area contributed by atoms with Crippen molar-refractivity contribution in [2.24, 2.45) is 5.92 Å². The minimum absolute atomic E-state index is 0.00810. The Morgan fingerprint density at radius 3 is 1.67 bits per heavy atom. The molecule has 0 fully saturated rings. The second-order valence-corrected chi connectivity index (χ2v) is 7.14. The largest absolute Gasteiger partial charge is 0.339 e. The maximum Gasteiger partial charge on any atom is 0.246 e. The van der Waals surface area contributed by atoms with E-state index < -0.39 is 0 Å². The van der Waals surface area contributed by atoms with Crippen molar-refractivity contribution < 1.29 is 9.59 Å². The predicted octanol–water partition coefficient (Wildman–Crippen LogP) is 2.37. The number of allylic oxidation sites excluding steroid dienone is 1. The molecule has 0 aromatic rings. The van der Waals surface area contributed by atoms with E-state index in [-0.39, 0.29) is 17.6 Å². The van der Waals surface area contributed by atoms with E-state index in [0.29, 0.717) is 25.2 Å². The van der Waals surface area contributed by atoms with Gasteiger partial charge in [0, 0.05) is 37.2 Å². The molecule has 0 bridgehead atoms. The molecule has 0 aliphatic rings. The summed E-state index contributed by atoms with van der Waals surface area (Å²) < 4.78 is 0. The predicted molar refractivity (Wildman–Crippen MR) is 101 cm³/mol. The second kappa shape index (κ2) is 13.1. The highest BCUT2D eigenvalue weighted by Crippen LogP contribution is 2.00. The van der Waals surface area contributed by atoms with E-state index in [1.165, 1.54) is 12.2 Å². The number of carbonyl (C=O) groups is 2. The van der Waals surface area contributed by atoms with Crippen molar-refractivity contribution in [2.45, 2.75) is 66.5 Å². The topological polar surface area (TPSA) is 61.4 Å². The molecule has 140 valence electrons. The molecule has 0 rings (SSSR count). The number of hydrogen-bond acceptors (Lipinski definition) is 4. The summed E-state index contributed by atoms with van der Waals surface area (Å²) in [5, 5.41) is 6.73. The smallest absolute Gasteiger partial charge is 0.246 e. The molecule has 0 radical (unpaired) electrons. The molecule has 0 aliphatic carbocycles. The van der Waals surface area contributed by atoms with E-state index in [1.807, 2.05) is 18.7 Å². The molecule has 24 heavy (non-hydrogen) atoms. The molecule has 0 spiro atoms. The molecule has 0 saturated heterocycles. The van der Waals surface area contributed by atoms with Crippen LogP contribution >= 0.6 is 0 Å². The quantitative estimate of drug-likeness (QED) is 0.399. The van der Waals surface area contributed by atoms with Crippen LogP contribution in [-0.4, -0.2) is 54.9 Å². The van der Waals surface area contributed by atoms with Gasteiger partial charge in [-0.2, -0.15) is 0 Å². The van der Waals surface area contributed by atoms with Crippen LogP contribution in [0.25, 0.3) is 0 Å². The fraction of sp³-hybridized carbons (Fsp3) is 0.789. The summed E-state index contributed by atoms with van der Waals surface area (Å²) in [7, 11) is 0. The van der Waals surface area contributed by atoms with Gasteiger partial charge in [-0.05, 0) is 32.0 Å². The van der Waals surface area contributed by atoms with E-state index in [0.717, 1.165) is 25.9 Å². The lowest BCUT2D eigenvalue weighted by molar-refractivity contribution is -0.126. The Morgan fingerprint density at radius 1 is 0.833 bits per heavy atom. The van der Waals surface area contributed by atoms with Crippen LogP contribution in [0.3, 0.4) is 0 Å². The van der Waals surface area contributed by atoms with Crippen molar-refractivity contribution in [3.63, 3.8) is 0 Å². The average Bonchev–Trinajstić information content (AvgIpc) is 2.49. The SMILES string of the molecule is CC(C)NCCCN(CCCNC(C)C)C(=O)C=CC(=O)C(C)C. The van der Waals surface area contributed by atoms with Gasteiger partial charge in [-0.3, -0.25) is 9.59 Å². The van der Waals surface area contributed by atoms with Crippen LogP contribution in [0.1, 0.15) is 54.4 Å². The monoisotopic (exact) mass is 339 g/mol. The van der Waals surface area contributed by atoms with Gasteiger partial charge in [0.15, 0.2) is 5.78 Å². The van der Waals surface area contributed by atoms with Gasteiger partial charge in [0.25, 0.3) is 0 Å². The van der Waals surface area contributed by atoms with Crippen molar-refractivity contribution in [1.82, 2.24) is 15.5 Å². The van der Waals surface area contributed by atoms with Crippen LogP contribution in [-0.2, 0) is 9.59 Å². The van der Waals surface area contributed by atoms with Crippen molar-refractivity contribution >= 4 is 11.7 Å².